The molecule has 0 saturated carbocycles. The van der Waals surface area contributed by atoms with Gasteiger partial charge in [-0.3, -0.25) is 0 Å². The van der Waals surface area contributed by atoms with Crippen molar-refractivity contribution in [3.8, 4) is 0 Å². The molecule has 1 N–H and O–H groups in total. The van der Waals surface area contributed by atoms with Crippen LogP contribution in [0.25, 0.3) is 0 Å². The highest BCUT2D eigenvalue weighted by Gasteiger charge is 2.20. The molecule has 1 aliphatic rings. The Hall–Kier alpha value is -1.29. The van der Waals surface area contributed by atoms with Crippen LogP contribution in [0.15, 0.2) is 18.2 Å². The fourth-order valence-corrected chi connectivity index (χ4v) is 2.60. The molecule has 0 unspecified atom stereocenters. The molecule has 0 aromatic carbocycles. The molecular formula is C14H24N4. The molecule has 0 radical (unpaired) electrons. The summed E-state index contributed by atoms with van der Waals surface area (Å²) >= 11 is 0. The molecule has 0 bridgehead atoms. The van der Waals surface area contributed by atoms with Crippen molar-refractivity contribution in [1.82, 2.24) is 9.88 Å². The van der Waals surface area contributed by atoms with Gasteiger partial charge in [0.2, 0.25) is 0 Å². The van der Waals surface area contributed by atoms with E-state index in [0.717, 1.165) is 30.6 Å². The fraction of sp³-hybridized carbons (Fsp3) is 0.643. The van der Waals surface area contributed by atoms with Crippen LogP contribution in [0, 0.1) is 5.92 Å². The Kier molecular flexibility index (Phi) is 4.42. The second-order valence-electron chi connectivity index (χ2n) is 5.32. The van der Waals surface area contributed by atoms with E-state index in [-0.39, 0.29) is 0 Å². The lowest BCUT2D eigenvalue weighted by Crippen LogP contribution is -2.37. The third-order valence-electron chi connectivity index (χ3n) is 3.55. The third-order valence-corrected chi connectivity index (χ3v) is 3.55. The lowest BCUT2D eigenvalue weighted by atomic mass is 9.96. The normalized spacial score (nSPS) is 17.2. The minimum absolute atomic E-state index is 0.837. The number of rotatable bonds is 4. The van der Waals surface area contributed by atoms with Crippen molar-refractivity contribution < 1.29 is 0 Å². The van der Waals surface area contributed by atoms with Crippen LogP contribution < -0.4 is 10.2 Å². The molecule has 1 saturated heterocycles. The zero-order valence-electron chi connectivity index (χ0n) is 11.7. The fourth-order valence-electron chi connectivity index (χ4n) is 2.60. The molecular weight excluding hydrogens is 224 g/mol. The average molecular weight is 248 g/mol. The van der Waals surface area contributed by atoms with E-state index in [2.05, 4.69) is 46.3 Å². The number of nitrogens with zero attached hydrogens (tertiary/aromatic N) is 3. The van der Waals surface area contributed by atoms with Crippen LogP contribution in [0.3, 0.4) is 0 Å². The number of anilines is 2. The summed E-state index contributed by atoms with van der Waals surface area (Å²) in [6, 6.07) is 6.18. The molecule has 1 aliphatic heterocycles. The van der Waals surface area contributed by atoms with Gasteiger partial charge in [-0.25, -0.2) is 4.98 Å². The molecule has 0 atom stereocenters. The standard InChI is InChI=1S/C14H24N4/c1-15-13-5-4-6-14(16-13)18-9-7-12(8-10-18)11-17(2)3/h4-6,12H,7-11H2,1-3H3,(H,15,16). The molecule has 1 aromatic heterocycles. The quantitative estimate of drug-likeness (QED) is 0.882. The Labute approximate surface area is 110 Å². The molecule has 1 aromatic rings. The average Bonchev–Trinajstić information content (AvgIpc) is 2.39. The highest BCUT2D eigenvalue weighted by Crippen LogP contribution is 2.23. The highest BCUT2D eigenvalue weighted by molar-refractivity contribution is 5.46. The van der Waals surface area contributed by atoms with Crippen LogP contribution in [-0.4, -0.2) is 50.7 Å². The van der Waals surface area contributed by atoms with Gasteiger partial charge in [-0.1, -0.05) is 6.07 Å². The van der Waals surface area contributed by atoms with Gasteiger partial charge in [-0.15, -0.1) is 0 Å². The number of aromatic nitrogens is 1. The van der Waals surface area contributed by atoms with Crippen molar-refractivity contribution >= 4 is 11.6 Å². The van der Waals surface area contributed by atoms with Gasteiger partial charge in [0.25, 0.3) is 0 Å². The van der Waals surface area contributed by atoms with Crippen LogP contribution in [0.2, 0.25) is 0 Å². The highest BCUT2D eigenvalue weighted by atomic mass is 15.2. The largest absolute Gasteiger partial charge is 0.373 e. The maximum atomic E-state index is 4.61. The minimum Gasteiger partial charge on any atom is -0.373 e. The van der Waals surface area contributed by atoms with Gasteiger partial charge < -0.3 is 15.1 Å². The molecule has 2 rings (SSSR count). The number of pyridine rings is 1. The van der Waals surface area contributed by atoms with E-state index < -0.39 is 0 Å². The van der Waals surface area contributed by atoms with E-state index in [4.69, 9.17) is 0 Å². The van der Waals surface area contributed by atoms with Crippen LogP contribution in [0.5, 0.6) is 0 Å². The molecule has 0 amide bonds. The maximum Gasteiger partial charge on any atom is 0.130 e. The monoisotopic (exact) mass is 248 g/mol. The van der Waals surface area contributed by atoms with E-state index in [1.54, 1.807) is 0 Å². The van der Waals surface area contributed by atoms with Crippen LogP contribution >= 0.6 is 0 Å². The minimum atomic E-state index is 0.837. The predicted octanol–water partition coefficient (Wildman–Crippen LogP) is 1.90. The van der Waals surface area contributed by atoms with Crippen molar-refractivity contribution in [3.63, 3.8) is 0 Å². The summed E-state index contributed by atoms with van der Waals surface area (Å²) in [6.07, 6.45) is 2.54. The second-order valence-corrected chi connectivity index (χ2v) is 5.32. The summed E-state index contributed by atoms with van der Waals surface area (Å²) in [5.41, 5.74) is 0. The predicted molar refractivity (Wildman–Crippen MR) is 77.3 cm³/mol. The Morgan fingerprint density at radius 2 is 2.06 bits per heavy atom. The van der Waals surface area contributed by atoms with Gasteiger partial charge in [0.15, 0.2) is 0 Å². The van der Waals surface area contributed by atoms with E-state index in [1.165, 1.54) is 19.4 Å². The van der Waals surface area contributed by atoms with Gasteiger partial charge in [0.05, 0.1) is 0 Å². The summed E-state index contributed by atoms with van der Waals surface area (Å²) in [5, 5.41) is 3.10. The smallest absolute Gasteiger partial charge is 0.130 e. The van der Waals surface area contributed by atoms with Gasteiger partial charge in [-0.05, 0) is 45.0 Å². The van der Waals surface area contributed by atoms with Gasteiger partial charge >= 0.3 is 0 Å². The van der Waals surface area contributed by atoms with E-state index in [0.29, 0.717) is 0 Å². The maximum absolute atomic E-state index is 4.61. The van der Waals surface area contributed by atoms with Crippen molar-refractivity contribution in [2.75, 3.05) is 51.0 Å². The lowest BCUT2D eigenvalue weighted by Gasteiger charge is -2.34. The van der Waals surface area contributed by atoms with Crippen molar-refractivity contribution in [3.05, 3.63) is 18.2 Å². The Morgan fingerprint density at radius 3 is 2.67 bits per heavy atom. The zero-order valence-corrected chi connectivity index (χ0v) is 11.7. The first kappa shape index (κ1) is 13.1. The third kappa shape index (κ3) is 3.35. The first-order chi connectivity index (χ1) is 8.69. The Morgan fingerprint density at radius 1 is 1.33 bits per heavy atom. The number of nitrogens with one attached hydrogen (secondary N) is 1. The molecule has 18 heavy (non-hydrogen) atoms. The summed E-state index contributed by atoms with van der Waals surface area (Å²) in [4.78, 5) is 9.29. The van der Waals surface area contributed by atoms with Gasteiger partial charge in [-0.2, -0.15) is 0 Å². The molecule has 2 heterocycles. The topological polar surface area (TPSA) is 31.4 Å². The zero-order chi connectivity index (χ0) is 13.0. The van der Waals surface area contributed by atoms with E-state index >= 15 is 0 Å². The first-order valence-electron chi connectivity index (χ1n) is 6.73. The SMILES string of the molecule is CNc1cccc(N2CCC(CN(C)C)CC2)n1. The number of hydrogen-bond acceptors (Lipinski definition) is 4. The summed E-state index contributed by atoms with van der Waals surface area (Å²) < 4.78 is 0. The molecule has 0 aliphatic carbocycles. The Bertz CT molecular complexity index is 370. The lowest BCUT2D eigenvalue weighted by molar-refractivity contribution is 0.284. The second kappa shape index (κ2) is 6.05. The molecule has 100 valence electrons. The molecule has 4 heteroatoms. The van der Waals surface area contributed by atoms with Gasteiger partial charge in [0.1, 0.15) is 11.6 Å². The molecule has 1 fully saturated rings. The van der Waals surface area contributed by atoms with Crippen molar-refractivity contribution in [1.29, 1.82) is 0 Å². The summed E-state index contributed by atoms with van der Waals surface area (Å²) in [7, 11) is 6.23. The summed E-state index contributed by atoms with van der Waals surface area (Å²) in [6.45, 7) is 3.45. The number of hydrogen-bond donors (Lipinski definition) is 1. The first-order valence-corrected chi connectivity index (χ1v) is 6.73. The molecule has 0 spiro atoms. The van der Waals surface area contributed by atoms with Crippen LogP contribution in [0.1, 0.15) is 12.8 Å². The summed E-state index contributed by atoms with van der Waals surface area (Å²) in [5.74, 6) is 2.89. The van der Waals surface area contributed by atoms with E-state index in [1.807, 2.05) is 13.1 Å². The molecule has 4 nitrogen and oxygen atoms in total. The Balaban J connectivity index is 1.92. The van der Waals surface area contributed by atoms with Crippen molar-refractivity contribution in [2.45, 2.75) is 12.8 Å². The van der Waals surface area contributed by atoms with Crippen LogP contribution in [-0.2, 0) is 0 Å². The van der Waals surface area contributed by atoms with Crippen molar-refractivity contribution in [2.24, 2.45) is 5.92 Å². The van der Waals surface area contributed by atoms with Crippen LogP contribution in [0.4, 0.5) is 11.6 Å². The van der Waals surface area contributed by atoms with E-state index in [9.17, 15) is 0 Å². The van der Waals surface area contributed by atoms with Gasteiger partial charge in [0, 0.05) is 26.7 Å². The number of piperidine rings is 1.